The van der Waals surface area contributed by atoms with Crippen LogP contribution in [0.2, 0.25) is 0 Å². The lowest BCUT2D eigenvalue weighted by molar-refractivity contribution is 0.0910. The van der Waals surface area contributed by atoms with Crippen LogP contribution in [0.25, 0.3) is 11.3 Å². The Morgan fingerprint density at radius 3 is 2.69 bits per heavy atom. The van der Waals surface area contributed by atoms with Gasteiger partial charge >= 0.3 is 0 Å². The van der Waals surface area contributed by atoms with Gasteiger partial charge in [-0.05, 0) is 57.0 Å². The molecule has 4 nitrogen and oxygen atoms in total. The number of aromatic nitrogens is 1. The molecule has 1 aromatic carbocycles. The van der Waals surface area contributed by atoms with E-state index in [0.29, 0.717) is 5.56 Å². The molecular weight excluding hydrogens is 390 g/mol. The van der Waals surface area contributed by atoms with Gasteiger partial charge in [0, 0.05) is 29.2 Å². The monoisotopic (exact) mass is 415 g/mol. The van der Waals surface area contributed by atoms with E-state index in [2.05, 4.69) is 38.1 Å². The Labute approximate surface area is 164 Å². The maximum absolute atomic E-state index is 12.7. The molecule has 2 heterocycles. The average Bonchev–Trinajstić information content (AvgIpc) is 2.63. The van der Waals surface area contributed by atoms with Crippen LogP contribution in [0.1, 0.15) is 42.2 Å². The fourth-order valence-corrected chi connectivity index (χ4v) is 3.89. The molecule has 0 unspecified atom stereocenters. The SMILES string of the molecule is CCCN1CCC(NC(=O)c2ccc(-c3cccc(Br)c3)nc2C)CC1. The minimum atomic E-state index is -0.00951. The van der Waals surface area contributed by atoms with Crippen LogP contribution in [0.5, 0.6) is 0 Å². The first-order valence-corrected chi connectivity index (χ1v) is 10.1. The van der Waals surface area contributed by atoms with Gasteiger partial charge in [-0.25, -0.2) is 0 Å². The summed E-state index contributed by atoms with van der Waals surface area (Å²) in [5.41, 5.74) is 3.36. The van der Waals surface area contributed by atoms with Crippen molar-refractivity contribution >= 4 is 21.8 Å². The van der Waals surface area contributed by atoms with Crippen molar-refractivity contribution in [3.63, 3.8) is 0 Å². The van der Waals surface area contributed by atoms with E-state index in [-0.39, 0.29) is 11.9 Å². The van der Waals surface area contributed by atoms with Gasteiger partial charge in [0.1, 0.15) is 0 Å². The average molecular weight is 416 g/mol. The van der Waals surface area contributed by atoms with E-state index in [4.69, 9.17) is 0 Å². The van der Waals surface area contributed by atoms with Crippen molar-refractivity contribution < 1.29 is 4.79 Å². The number of likely N-dealkylation sites (tertiary alicyclic amines) is 1. The first kappa shape index (κ1) is 19.1. The number of hydrogen-bond donors (Lipinski definition) is 1. The maximum Gasteiger partial charge on any atom is 0.253 e. The number of nitrogens with zero attached hydrogens (tertiary/aromatic N) is 2. The second-order valence-corrected chi connectivity index (χ2v) is 7.84. The lowest BCUT2D eigenvalue weighted by Gasteiger charge is -2.32. The highest BCUT2D eigenvalue weighted by Crippen LogP contribution is 2.22. The van der Waals surface area contributed by atoms with Gasteiger partial charge in [0.05, 0.1) is 17.0 Å². The molecule has 2 aromatic rings. The molecule has 1 aliphatic heterocycles. The third-order valence-corrected chi connectivity index (χ3v) is 5.41. The number of hydrogen-bond acceptors (Lipinski definition) is 3. The van der Waals surface area contributed by atoms with Crippen molar-refractivity contribution in [1.82, 2.24) is 15.2 Å². The quantitative estimate of drug-likeness (QED) is 0.785. The van der Waals surface area contributed by atoms with Crippen molar-refractivity contribution in [2.24, 2.45) is 0 Å². The zero-order valence-electron chi connectivity index (χ0n) is 15.5. The van der Waals surface area contributed by atoms with Crippen LogP contribution in [0.4, 0.5) is 0 Å². The highest BCUT2D eigenvalue weighted by atomic mass is 79.9. The van der Waals surface area contributed by atoms with Crippen molar-refractivity contribution in [3.8, 4) is 11.3 Å². The lowest BCUT2D eigenvalue weighted by atomic mass is 10.0. The summed E-state index contributed by atoms with van der Waals surface area (Å²) in [6.45, 7) is 7.40. The molecule has 1 saturated heterocycles. The Morgan fingerprint density at radius 1 is 1.27 bits per heavy atom. The van der Waals surface area contributed by atoms with Crippen LogP contribution < -0.4 is 5.32 Å². The highest BCUT2D eigenvalue weighted by molar-refractivity contribution is 9.10. The van der Waals surface area contributed by atoms with Gasteiger partial charge in [0.15, 0.2) is 0 Å². The molecule has 1 aromatic heterocycles. The van der Waals surface area contributed by atoms with Crippen LogP contribution in [0, 0.1) is 6.92 Å². The van der Waals surface area contributed by atoms with Crippen LogP contribution >= 0.6 is 15.9 Å². The normalized spacial score (nSPS) is 15.8. The van der Waals surface area contributed by atoms with E-state index < -0.39 is 0 Å². The Bertz CT molecular complexity index is 770. The highest BCUT2D eigenvalue weighted by Gasteiger charge is 2.21. The van der Waals surface area contributed by atoms with Crippen LogP contribution in [0.15, 0.2) is 40.9 Å². The number of rotatable bonds is 5. The second-order valence-electron chi connectivity index (χ2n) is 6.93. The molecule has 26 heavy (non-hydrogen) atoms. The third kappa shape index (κ3) is 4.71. The van der Waals surface area contributed by atoms with E-state index in [1.807, 2.05) is 43.3 Å². The fourth-order valence-electron chi connectivity index (χ4n) is 3.49. The molecule has 0 bridgehead atoms. The van der Waals surface area contributed by atoms with E-state index in [1.165, 1.54) is 6.42 Å². The van der Waals surface area contributed by atoms with Crippen molar-refractivity contribution in [3.05, 3.63) is 52.1 Å². The van der Waals surface area contributed by atoms with Crippen LogP contribution in [-0.4, -0.2) is 41.5 Å². The van der Waals surface area contributed by atoms with Gasteiger partial charge in [-0.15, -0.1) is 0 Å². The Hall–Kier alpha value is -1.72. The van der Waals surface area contributed by atoms with Crippen molar-refractivity contribution in [2.45, 2.75) is 39.2 Å². The summed E-state index contributed by atoms with van der Waals surface area (Å²) in [6, 6.07) is 12.1. The van der Waals surface area contributed by atoms with Gasteiger partial charge in [-0.3, -0.25) is 9.78 Å². The van der Waals surface area contributed by atoms with Gasteiger partial charge in [0.25, 0.3) is 5.91 Å². The van der Waals surface area contributed by atoms with Gasteiger partial charge < -0.3 is 10.2 Å². The number of pyridine rings is 1. The predicted molar refractivity (Wildman–Crippen MR) is 109 cm³/mol. The first-order chi connectivity index (χ1) is 12.6. The van der Waals surface area contributed by atoms with Gasteiger partial charge in [0.2, 0.25) is 0 Å². The molecule has 0 atom stereocenters. The minimum Gasteiger partial charge on any atom is -0.349 e. The van der Waals surface area contributed by atoms with Crippen LogP contribution in [-0.2, 0) is 0 Å². The second kappa shape index (κ2) is 8.78. The molecule has 1 amide bonds. The van der Waals surface area contributed by atoms with E-state index in [0.717, 1.165) is 53.9 Å². The summed E-state index contributed by atoms with van der Waals surface area (Å²) >= 11 is 3.49. The molecule has 1 N–H and O–H groups in total. The van der Waals surface area contributed by atoms with E-state index in [1.54, 1.807) is 0 Å². The summed E-state index contributed by atoms with van der Waals surface area (Å²) < 4.78 is 1.02. The third-order valence-electron chi connectivity index (χ3n) is 4.91. The summed E-state index contributed by atoms with van der Waals surface area (Å²) in [4.78, 5) is 19.8. The molecule has 0 aliphatic carbocycles. The van der Waals surface area contributed by atoms with Gasteiger partial charge in [-0.1, -0.05) is 35.0 Å². The number of piperidine rings is 1. The van der Waals surface area contributed by atoms with Gasteiger partial charge in [-0.2, -0.15) is 0 Å². The topological polar surface area (TPSA) is 45.2 Å². The molecule has 3 rings (SSSR count). The number of benzene rings is 1. The number of amides is 1. The maximum atomic E-state index is 12.7. The smallest absolute Gasteiger partial charge is 0.253 e. The standard InChI is InChI=1S/C21H26BrN3O/c1-3-11-25-12-9-18(10-13-25)24-21(26)19-7-8-20(23-15(19)2)16-5-4-6-17(22)14-16/h4-8,14,18H,3,9-13H2,1-2H3,(H,24,26). The molecule has 1 aliphatic rings. The number of carbonyl (C=O) groups excluding carboxylic acids is 1. The lowest BCUT2D eigenvalue weighted by Crippen LogP contribution is -2.44. The molecule has 0 radical (unpaired) electrons. The number of halogens is 1. The molecule has 138 valence electrons. The largest absolute Gasteiger partial charge is 0.349 e. The Kier molecular flexibility index (Phi) is 6.43. The summed E-state index contributed by atoms with van der Waals surface area (Å²) in [5.74, 6) is -0.00951. The van der Waals surface area contributed by atoms with Crippen molar-refractivity contribution in [2.75, 3.05) is 19.6 Å². The summed E-state index contributed by atoms with van der Waals surface area (Å²) in [6.07, 6.45) is 3.23. The molecular formula is C21H26BrN3O. The molecule has 1 fully saturated rings. The number of nitrogens with one attached hydrogen (secondary N) is 1. The van der Waals surface area contributed by atoms with E-state index >= 15 is 0 Å². The minimum absolute atomic E-state index is 0.00951. The summed E-state index contributed by atoms with van der Waals surface area (Å²) in [7, 11) is 0. The predicted octanol–water partition coefficient (Wildman–Crippen LogP) is 4.42. The zero-order chi connectivity index (χ0) is 18.5. The first-order valence-electron chi connectivity index (χ1n) is 9.33. The molecule has 0 saturated carbocycles. The Balaban J connectivity index is 1.65. The summed E-state index contributed by atoms with van der Waals surface area (Å²) in [5, 5.41) is 3.19. The molecule has 0 spiro atoms. The Morgan fingerprint density at radius 2 is 2.04 bits per heavy atom. The fraction of sp³-hybridized carbons (Fsp3) is 0.429. The number of carbonyl (C=O) groups is 1. The van der Waals surface area contributed by atoms with E-state index in [9.17, 15) is 4.79 Å². The molecule has 5 heteroatoms. The zero-order valence-corrected chi connectivity index (χ0v) is 17.1. The van der Waals surface area contributed by atoms with Crippen molar-refractivity contribution in [1.29, 1.82) is 0 Å². The number of aryl methyl sites for hydroxylation is 1. The van der Waals surface area contributed by atoms with Crippen LogP contribution in [0.3, 0.4) is 0 Å².